The molecular weight excluding hydrogens is 230 g/mol. The quantitative estimate of drug-likeness (QED) is 0.783. The van der Waals surface area contributed by atoms with Crippen LogP contribution in [-0.2, 0) is 0 Å². The Morgan fingerprint density at radius 1 is 1.44 bits per heavy atom. The van der Waals surface area contributed by atoms with E-state index in [0.29, 0.717) is 30.5 Å². The molecule has 1 saturated heterocycles. The monoisotopic (exact) mass is 243 g/mol. The van der Waals surface area contributed by atoms with Crippen LogP contribution in [0.1, 0.15) is 6.42 Å². The maximum Gasteiger partial charge on any atom is 0.225 e. The van der Waals surface area contributed by atoms with E-state index in [1.807, 2.05) is 4.90 Å². The molecule has 88 valence electrons. The van der Waals surface area contributed by atoms with Gasteiger partial charge >= 0.3 is 0 Å². The largest absolute Gasteiger partial charge is 0.396 e. The third kappa shape index (κ3) is 2.42. The molecule has 0 aromatic carbocycles. The summed E-state index contributed by atoms with van der Waals surface area (Å²) >= 11 is 5.71. The first-order chi connectivity index (χ1) is 7.70. The Bertz CT molecular complexity index is 346. The average molecular weight is 244 g/mol. The molecule has 2 N–H and O–H groups in total. The summed E-state index contributed by atoms with van der Waals surface area (Å²) in [5.41, 5.74) is 0. The maximum atomic E-state index is 9.63. The van der Waals surface area contributed by atoms with Crippen molar-refractivity contribution >= 4 is 17.5 Å². The Balaban J connectivity index is 2.08. The average Bonchev–Trinajstić information content (AvgIpc) is 2.31. The molecule has 0 bridgehead atoms. The minimum Gasteiger partial charge on any atom is -0.396 e. The molecule has 0 unspecified atom stereocenters. The number of rotatable bonds is 2. The zero-order chi connectivity index (χ0) is 11.5. The van der Waals surface area contributed by atoms with Gasteiger partial charge in [-0.2, -0.15) is 0 Å². The number of piperidine rings is 1. The molecule has 1 aliphatic rings. The zero-order valence-electron chi connectivity index (χ0n) is 8.75. The van der Waals surface area contributed by atoms with Crippen molar-refractivity contribution in [3.63, 3.8) is 0 Å². The highest BCUT2D eigenvalue weighted by Crippen LogP contribution is 2.20. The van der Waals surface area contributed by atoms with Gasteiger partial charge in [-0.05, 0) is 6.42 Å². The van der Waals surface area contributed by atoms with Gasteiger partial charge in [-0.15, -0.1) is 0 Å². The van der Waals surface area contributed by atoms with E-state index in [2.05, 4.69) is 9.97 Å². The van der Waals surface area contributed by atoms with Gasteiger partial charge in [0.15, 0.2) is 0 Å². The van der Waals surface area contributed by atoms with Gasteiger partial charge < -0.3 is 15.1 Å². The van der Waals surface area contributed by atoms with Crippen molar-refractivity contribution in [3.05, 3.63) is 17.4 Å². The van der Waals surface area contributed by atoms with Crippen molar-refractivity contribution in [2.75, 3.05) is 24.6 Å². The number of nitrogens with zero attached hydrogens (tertiary/aromatic N) is 3. The molecule has 1 aromatic heterocycles. The van der Waals surface area contributed by atoms with E-state index in [9.17, 15) is 5.11 Å². The lowest BCUT2D eigenvalue weighted by Gasteiger charge is -2.35. The second-order valence-corrected chi connectivity index (χ2v) is 4.38. The highest BCUT2D eigenvalue weighted by atomic mass is 35.5. The summed E-state index contributed by atoms with van der Waals surface area (Å²) in [7, 11) is 0. The van der Waals surface area contributed by atoms with Crippen molar-refractivity contribution in [1.29, 1.82) is 0 Å². The SMILES string of the molecule is OC[C@H]1CN(c2ncc(Cl)cn2)CC[C@H]1O. The smallest absolute Gasteiger partial charge is 0.225 e. The summed E-state index contributed by atoms with van der Waals surface area (Å²) in [6.45, 7) is 1.24. The fourth-order valence-electron chi connectivity index (χ4n) is 1.85. The lowest BCUT2D eigenvalue weighted by Crippen LogP contribution is -2.45. The first kappa shape index (κ1) is 11.6. The molecule has 6 heteroatoms. The number of aromatic nitrogens is 2. The fourth-order valence-corrected chi connectivity index (χ4v) is 1.95. The molecule has 2 rings (SSSR count). The summed E-state index contributed by atoms with van der Waals surface area (Å²) in [5.74, 6) is 0.461. The van der Waals surface area contributed by atoms with E-state index in [1.165, 1.54) is 0 Å². The van der Waals surface area contributed by atoms with Gasteiger partial charge in [0.2, 0.25) is 5.95 Å². The minimum absolute atomic E-state index is 0.0226. The van der Waals surface area contributed by atoms with Gasteiger partial charge in [0.25, 0.3) is 0 Å². The lowest BCUT2D eigenvalue weighted by atomic mass is 9.96. The maximum absolute atomic E-state index is 9.63. The van der Waals surface area contributed by atoms with E-state index in [-0.39, 0.29) is 12.5 Å². The van der Waals surface area contributed by atoms with Gasteiger partial charge in [0.1, 0.15) is 0 Å². The van der Waals surface area contributed by atoms with Crippen molar-refractivity contribution in [2.45, 2.75) is 12.5 Å². The van der Waals surface area contributed by atoms with Gasteiger partial charge in [-0.1, -0.05) is 11.6 Å². The van der Waals surface area contributed by atoms with Crippen LogP contribution in [0.5, 0.6) is 0 Å². The van der Waals surface area contributed by atoms with Crippen molar-refractivity contribution in [2.24, 2.45) is 5.92 Å². The lowest BCUT2D eigenvalue weighted by molar-refractivity contribution is 0.0522. The summed E-state index contributed by atoms with van der Waals surface area (Å²) in [6.07, 6.45) is 3.27. The molecule has 1 aromatic rings. The third-order valence-corrected chi connectivity index (χ3v) is 3.01. The van der Waals surface area contributed by atoms with Crippen LogP contribution in [0.3, 0.4) is 0 Å². The normalized spacial score (nSPS) is 25.8. The summed E-state index contributed by atoms with van der Waals surface area (Å²) in [4.78, 5) is 10.2. The summed E-state index contributed by atoms with van der Waals surface area (Å²) in [6, 6.07) is 0. The van der Waals surface area contributed by atoms with Crippen LogP contribution in [0.4, 0.5) is 5.95 Å². The van der Waals surface area contributed by atoms with Crippen LogP contribution in [0.2, 0.25) is 5.02 Å². The first-order valence-electron chi connectivity index (χ1n) is 5.22. The van der Waals surface area contributed by atoms with Crippen LogP contribution < -0.4 is 4.90 Å². The number of anilines is 1. The molecule has 1 fully saturated rings. The van der Waals surface area contributed by atoms with E-state index < -0.39 is 6.10 Å². The molecule has 16 heavy (non-hydrogen) atoms. The highest BCUT2D eigenvalue weighted by molar-refractivity contribution is 6.30. The Morgan fingerprint density at radius 2 is 2.12 bits per heavy atom. The number of aliphatic hydroxyl groups excluding tert-OH is 2. The first-order valence-corrected chi connectivity index (χ1v) is 5.60. The van der Waals surface area contributed by atoms with Crippen LogP contribution in [0.15, 0.2) is 12.4 Å². The van der Waals surface area contributed by atoms with Gasteiger partial charge in [-0.25, -0.2) is 9.97 Å². The number of hydrogen-bond donors (Lipinski definition) is 2. The molecular formula is C10H14ClN3O2. The highest BCUT2D eigenvalue weighted by Gasteiger charge is 2.28. The second-order valence-electron chi connectivity index (χ2n) is 3.95. The summed E-state index contributed by atoms with van der Waals surface area (Å²) in [5, 5.41) is 19.3. The Kier molecular flexibility index (Phi) is 3.58. The standard InChI is InChI=1S/C10H14ClN3O2/c11-8-3-12-10(13-4-8)14-2-1-9(16)7(5-14)6-15/h3-4,7,9,15-16H,1-2,5-6H2/t7-,9-/m1/s1. The van der Waals surface area contributed by atoms with Crippen LogP contribution >= 0.6 is 11.6 Å². The van der Waals surface area contributed by atoms with E-state index in [0.717, 1.165) is 0 Å². The molecule has 1 aliphatic heterocycles. The minimum atomic E-state index is -0.437. The topological polar surface area (TPSA) is 69.5 Å². The number of halogens is 1. The molecule has 0 amide bonds. The predicted octanol–water partition coefficient (Wildman–Crippen LogP) is 0.309. The predicted molar refractivity (Wildman–Crippen MR) is 60.5 cm³/mol. The molecule has 5 nitrogen and oxygen atoms in total. The second kappa shape index (κ2) is 4.95. The van der Waals surface area contributed by atoms with E-state index >= 15 is 0 Å². The Morgan fingerprint density at radius 3 is 2.75 bits per heavy atom. The van der Waals surface area contributed by atoms with Crippen LogP contribution in [0, 0.1) is 5.92 Å². The number of hydrogen-bond acceptors (Lipinski definition) is 5. The fraction of sp³-hybridized carbons (Fsp3) is 0.600. The molecule has 2 atom stereocenters. The summed E-state index contributed by atoms with van der Waals surface area (Å²) < 4.78 is 0. The molecule has 2 heterocycles. The molecule has 0 saturated carbocycles. The Hall–Kier alpha value is -0.910. The molecule has 0 spiro atoms. The van der Waals surface area contributed by atoms with Crippen LogP contribution in [-0.4, -0.2) is 46.0 Å². The van der Waals surface area contributed by atoms with Gasteiger partial charge in [0.05, 0.1) is 30.1 Å². The van der Waals surface area contributed by atoms with Crippen molar-refractivity contribution in [1.82, 2.24) is 9.97 Å². The third-order valence-electron chi connectivity index (χ3n) is 2.82. The molecule has 0 aliphatic carbocycles. The van der Waals surface area contributed by atoms with Gasteiger partial charge in [0, 0.05) is 19.0 Å². The van der Waals surface area contributed by atoms with Gasteiger partial charge in [-0.3, -0.25) is 0 Å². The van der Waals surface area contributed by atoms with E-state index in [4.69, 9.17) is 16.7 Å². The van der Waals surface area contributed by atoms with Crippen LogP contribution in [0.25, 0.3) is 0 Å². The van der Waals surface area contributed by atoms with Crippen molar-refractivity contribution < 1.29 is 10.2 Å². The van der Waals surface area contributed by atoms with E-state index in [1.54, 1.807) is 12.4 Å². The number of aliphatic hydroxyl groups is 2. The van der Waals surface area contributed by atoms with Crippen molar-refractivity contribution in [3.8, 4) is 0 Å². The Labute approximate surface area is 98.7 Å². The zero-order valence-corrected chi connectivity index (χ0v) is 9.51. The molecule has 0 radical (unpaired) electrons.